The van der Waals surface area contributed by atoms with Gasteiger partial charge in [0.2, 0.25) is 5.78 Å². The summed E-state index contributed by atoms with van der Waals surface area (Å²) in [7, 11) is 1.31. The molecule has 6 nitrogen and oxygen atoms in total. The number of aliphatic carboxylic acids is 1. The van der Waals surface area contributed by atoms with E-state index in [9.17, 15) is 19.5 Å². The third-order valence-electron chi connectivity index (χ3n) is 5.12. The Kier molecular flexibility index (Phi) is 8.07. The molecular formula is C23H27NO5. The zero-order valence-electron chi connectivity index (χ0n) is 17.2. The Hall–Kier alpha value is -3.02. The van der Waals surface area contributed by atoms with E-state index < -0.39 is 5.97 Å². The standard InChI is InChI=1S/C23H27NO5/c1-15-16(2)21(26)22(29-3)19(20(15)25)13-18(23(27)28)11-7-5-4-6-9-17-10-8-12-24-14-17/h8,10,12-14H,4-7,9,11H2,1-3H3,(H,27,28)/b18-13+. The average Bonchev–Trinajstić information content (AvgIpc) is 2.72. The van der Waals surface area contributed by atoms with Gasteiger partial charge in [-0.3, -0.25) is 14.6 Å². The maximum atomic E-state index is 12.6. The normalized spacial score (nSPS) is 15.2. The zero-order valence-corrected chi connectivity index (χ0v) is 17.2. The number of hydrogen-bond donors (Lipinski definition) is 1. The van der Waals surface area contributed by atoms with E-state index in [0.717, 1.165) is 25.7 Å². The third-order valence-corrected chi connectivity index (χ3v) is 5.12. The summed E-state index contributed by atoms with van der Waals surface area (Å²) in [5, 5.41) is 9.54. The Bertz CT molecular complexity index is 878. The number of ether oxygens (including phenoxy) is 1. The molecule has 154 valence electrons. The second-order valence-corrected chi connectivity index (χ2v) is 7.11. The second kappa shape index (κ2) is 10.5. The molecule has 29 heavy (non-hydrogen) atoms. The number of unbranched alkanes of at least 4 members (excludes halogenated alkanes) is 3. The first kappa shape index (κ1) is 22.3. The van der Waals surface area contributed by atoms with Crippen LogP contribution < -0.4 is 0 Å². The van der Waals surface area contributed by atoms with Crippen molar-refractivity contribution < 1.29 is 24.2 Å². The largest absolute Gasteiger partial charge is 0.492 e. The van der Waals surface area contributed by atoms with Gasteiger partial charge in [0.25, 0.3) is 0 Å². The van der Waals surface area contributed by atoms with E-state index >= 15 is 0 Å². The molecule has 1 aliphatic carbocycles. The molecule has 6 heteroatoms. The number of pyridine rings is 1. The number of carbonyl (C=O) groups excluding carboxylic acids is 2. The van der Waals surface area contributed by atoms with Gasteiger partial charge in [0, 0.05) is 29.1 Å². The molecule has 1 heterocycles. The van der Waals surface area contributed by atoms with Crippen LogP contribution in [-0.2, 0) is 25.5 Å². The smallest absolute Gasteiger partial charge is 0.331 e. The minimum absolute atomic E-state index is 0.0228. The van der Waals surface area contributed by atoms with Crippen LogP contribution in [-0.4, -0.2) is 34.7 Å². The van der Waals surface area contributed by atoms with Gasteiger partial charge >= 0.3 is 5.97 Å². The van der Waals surface area contributed by atoms with Crippen molar-refractivity contribution in [2.24, 2.45) is 0 Å². The summed E-state index contributed by atoms with van der Waals surface area (Å²) < 4.78 is 5.12. The summed E-state index contributed by atoms with van der Waals surface area (Å²) in [6.07, 6.45) is 9.73. The first-order valence-electron chi connectivity index (χ1n) is 9.74. The Morgan fingerprint density at radius 2 is 1.79 bits per heavy atom. The Balaban J connectivity index is 1.99. The lowest BCUT2D eigenvalue weighted by Crippen LogP contribution is -2.22. The summed E-state index contributed by atoms with van der Waals surface area (Å²) in [5.74, 6) is -1.93. The fourth-order valence-electron chi connectivity index (χ4n) is 3.23. The number of Topliss-reactive ketones (excluding diaryl/α,β-unsaturated/α-hetero) is 2. The van der Waals surface area contributed by atoms with E-state index in [0.29, 0.717) is 24.0 Å². The van der Waals surface area contributed by atoms with Crippen molar-refractivity contribution in [1.82, 2.24) is 4.98 Å². The van der Waals surface area contributed by atoms with Crippen LogP contribution in [0.2, 0.25) is 0 Å². The highest BCUT2D eigenvalue weighted by Gasteiger charge is 2.31. The summed E-state index contributed by atoms with van der Waals surface area (Å²) >= 11 is 0. The first-order valence-corrected chi connectivity index (χ1v) is 9.74. The SMILES string of the molecule is COC1=C(/C=C(\CCCCCCc2cccnc2)C(=O)O)C(=O)C(C)=C(C)C1=O. The van der Waals surface area contributed by atoms with Crippen LogP contribution in [0.5, 0.6) is 0 Å². The molecule has 0 saturated heterocycles. The number of rotatable bonds is 10. The van der Waals surface area contributed by atoms with E-state index in [2.05, 4.69) is 4.98 Å². The molecule has 0 amide bonds. The molecule has 0 fully saturated rings. The van der Waals surface area contributed by atoms with Gasteiger partial charge in [0.15, 0.2) is 11.5 Å². The number of aryl methyl sites for hydroxylation is 1. The van der Waals surface area contributed by atoms with Gasteiger partial charge in [-0.15, -0.1) is 0 Å². The van der Waals surface area contributed by atoms with Crippen LogP contribution in [0.3, 0.4) is 0 Å². The van der Waals surface area contributed by atoms with Gasteiger partial charge in [0.05, 0.1) is 12.7 Å². The topological polar surface area (TPSA) is 93.6 Å². The van der Waals surface area contributed by atoms with E-state index in [1.165, 1.54) is 18.7 Å². The highest BCUT2D eigenvalue weighted by molar-refractivity contribution is 6.25. The maximum absolute atomic E-state index is 12.6. The molecule has 1 aromatic rings. The second-order valence-electron chi connectivity index (χ2n) is 7.11. The number of carboxylic acid groups (broad SMARTS) is 1. The fourth-order valence-corrected chi connectivity index (χ4v) is 3.23. The van der Waals surface area contributed by atoms with Crippen molar-refractivity contribution in [2.45, 2.75) is 52.4 Å². The fraction of sp³-hybridized carbons (Fsp3) is 0.391. The molecule has 1 aliphatic rings. The van der Waals surface area contributed by atoms with Gasteiger partial charge in [-0.25, -0.2) is 4.79 Å². The lowest BCUT2D eigenvalue weighted by molar-refractivity contribution is -0.132. The van der Waals surface area contributed by atoms with Gasteiger partial charge in [0.1, 0.15) is 0 Å². The number of allylic oxidation sites excluding steroid dienone is 4. The van der Waals surface area contributed by atoms with Gasteiger partial charge in [-0.05, 0) is 57.2 Å². The quantitative estimate of drug-likeness (QED) is 0.365. The summed E-state index contributed by atoms with van der Waals surface area (Å²) in [6.45, 7) is 3.14. The van der Waals surface area contributed by atoms with Crippen molar-refractivity contribution >= 4 is 17.5 Å². The van der Waals surface area contributed by atoms with Crippen molar-refractivity contribution in [2.75, 3.05) is 7.11 Å². The van der Waals surface area contributed by atoms with Crippen molar-refractivity contribution in [1.29, 1.82) is 0 Å². The summed E-state index contributed by atoms with van der Waals surface area (Å²) in [6, 6.07) is 3.96. The molecule has 1 aromatic heterocycles. The highest BCUT2D eigenvalue weighted by Crippen LogP contribution is 2.27. The first-order chi connectivity index (χ1) is 13.9. The van der Waals surface area contributed by atoms with E-state index in [1.807, 2.05) is 18.3 Å². The molecule has 0 spiro atoms. The van der Waals surface area contributed by atoms with Crippen LogP contribution in [0, 0.1) is 0 Å². The molecule has 0 saturated carbocycles. The van der Waals surface area contributed by atoms with Crippen molar-refractivity contribution in [3.63, 3.8) is 0 Å². The third kappa shape index (κ3) is 5.73. The minimum atomic E-state index is -1.09. The Labute approximate surface area is 171 Å². The average molecular weight is 397 g/mol. The predicted molar refractivity (Wildman–Crippen MR) is 109 cm³/mol. The molecule has 0 atom stereocenters. The van der Waals surface area contributed by atoms with Crippen LogP contribution in [0.1, 0.15) is 51.5 Å². The molecule has 0 radical (unpaired) electrons. The Morgan fingerprint density at radius 3 is 2.41 bits per heavy atom. The number of nitrogens with zero attached hydrogens (tertiary/aromatic N) is 1. The van der Waals surface area contributed by atoms with Gasteiger partial charge in [-0.1, -0.05) is 18.9 Å². The number of methoxy groups -OCH3 is 1. The summed E-state index contributed by atoms with van der Waals surface area (Å²) in [4.78, 5) is 40.7. The molecule has 0 unspecified atom stereocenters. The van der Waals surface area contributed by atoms with Gasteiger partial charge in [-0.2, -0.15) is 0 Å². The lowest BCUT2D eigenvalue weighted by atomic mass is 9.88. The van der Waals surface area contributed by atoms with Gasteiger partial charge < -0.3 is 9.84 Å². The lowest BCUT2D eigenvalue weighted by Gasteiger charge is -2.18. The number of hydrogen-bond acceptors (Lipinski definition) is 5. The number of aromatic nitrogens is 1. The number of carboxylic acids is 1. The molecule has 1 N–H and O–H groups in total. The zero-order chi connectivity index (χ0) is 21.4. The maximum Gasteiger partial charge on any atom is 0.331 e. The van der Waals surface area contributed by atoms with E-state index in [4.69, 9.17) is 4.74 Å². The van der Waals surface area contributed by atoms with Crippen molar-refractivity contribution in [3.8, 4) is 0 Å². The van der Waals surface area contributed by atoms with Crippen LogP contribution >= 0.6 is 0 Å². The van der Waals surface area contributed by atoms with E-state index in [-0.39, 0.29) is 28.5 Å². The number of carbonyl (C=O) groups is 3. The van der Waals surface area contributed by atoms with Crippen LogP contribution in [0.25, 0.3) is 0 Å². The number of ketones is 2. The molecule has 0 bridgehead atoms. The van der Waals surface area contributed by atoms with Crippen LogP contribution in [0.15, 0.2) is 58.7 Å². The van der Waals surface area contributed by atoms with E-state index in [1.54, 1.807) is 20.0 Å². The summed E-state index contributed by atoms with van der Waals surface area (Å²) in [5.41, 5.74) is 1.97. The molecule has 2 rings (SSSR count). The predicted octanol–water partition coefficient (Wildman–Crippen LogP) is 3.97. The molecule has 0 aliphatic heterocycles. The highest BCUT2D eigenvalue weighted by atomic mass is 16.5. The van der Waals surface area contributed by atoms with Crippen molar-refractivity contribution in [3.05, 3.63) is 64.2 Å². The van der Waals surface area contributed by atoms with Crippen LogP contribution in [0.4, 0.5) is 0 Å². The Morgan fingerprint density at radius 1 is 1.10 bits per heavy atom. The molecular weight excluding hydrogens is 370 g/mol. The monoisotopic (exact) mass is 397 g/mol. The minimum Gasteiger partial charge on any atom is -0.492 e. The molecule has 0 aromatic carbocycles.